The molecule has 0 bridgehead atoms. The number of aryl methyl sites for hydroxylation is 1. The van der Waals surface area contributed by atoms with Crippen LogP contribution >= 0.6 is 0 Å². The van der Waals surface area contributed by atoms with Crippen LogP contribution in [0.5, 0.6) is 11.5 Å². The number of carbonyl (C=O) groups is 1. The number of rotatable bonds is 13. The maximum absolute atomic E-state index is 13.1. The first-order valence-electron chi connectivity index (χ1n) is 12.9. The number of carbonyl (C=O) groups excluding carboxylic acids is 1. The molecule has 3 rings (SSSR count). The molecule has 1 amide bonds. The molecule has 0 N–H and O–H groups in total. The van der Waals surface area contributed by atoms with E-state index in [4.69, 9.17) is 9.47 Å². The number of hydrogen-bond acceptors (Lipinski definition) is 4. The van der Waals surface area contributed by atoms with Crippen LogP contribution in [0.2, 0.25) is 0 Å². The minimum atomic E-state index is 0.258. The van der Waals surface area contributed by atoms with Gasteiger partial charge in [0.1, 0.15) is 0 Å². The Morgan fingerprint density at radius 3 is 2.37 bits per heavy atom. The Kier molecular flexibility index (Phi) is 10.7. The topological polar surface area (TPSA) is 42.0 Å². The summed E-state index contributed by atoms with van der Waals surface area (Å²) in [6.45, 7) is 4.86. The Hall–Kier alpha value is -2.79. The normalized spacial score (nSPS) is 14.1. The molecule has 0 aromatic heterocycles. The van der Waals surface area contributed by atoms with E-state index in [1.54, 1.807) is 14.2 Å². The van der Waals surface area contributed by atoms with E-state index in [2.05, 4.69) is 66.2 Å². The van der Waals surface area contributed by atoms with Crippen molar-refractivity contribution in [2.45, 2.75) is 57.9 Å². The molecule has 190 valence electrons. The fraction of sp³-hybridized carbons (Fsp3) is 0.500. The van der Waals surface area contributed by atoms with Crippen LogP contribution in [0.4, 0.5) is 0 Å². The van der Waals surface area contributed by atoms with Gasteiger partial charge < -0.3 is 19.3 Å². The van der Waals surface area contributed by atoms with Crippen LogP contribution in [-0.2, 0) is 11.2 Å². The van der Waals surface area contributed by atoms with Crippen LogP contribution in [0.15, 0.2) is 48.5 Å². The summed E-state index contributed by atoms with van der Waals surface area (Å²) < 4.78 is 10.8. The van der Waals surface area contributed by atoms with Gasteiger partial charge >= 0.3 is 0 Å². The van der Waals surface area contributed by atoms with Crippen LogP contribution in [0.3, 0.4) is 0 Å². The summed E-state index contributed by atoms with van der Waals surface area (Å²) in [5.41, 5.74) is 3.63. The first-order chi connectivity index (χ1) is 17.0. The zero-order chi connectivity index (χ0) is 25.0. The van der Waals surface area contributed by atoms with Gasteiger partial charge in [-0.25, -0.2) is 0 Å². The zero-order valence-corrected chi connectivity index (χ0v) is 22.0. The van der Waals surface area contributed by atoms with Gasteiger partial charge in [-0.2, -0.15) is 0 Å². The highest BCUT2D eigenvalue weighted by Crippen LogP contribution is 2.28. The highest BCUT2D eigenvalue weighted by Gasteiger charge is 2.25. The summed E-state index contributed by atoms with van der Waals surface area (Å²) in [5, 5.41) is 0. The molecule has 0 heterocycles. The Morgan fingerprint density at radius 2 is 1.69 bits per heavy atom. The predicted molar refractivity (Wildman–Crippen MR) is 144 cm³/mol. The summed E-state index contributed by atoms with van der Waals surface area (Å²) >= 11 is 0. The lowest BCUT2D eigenvalue weighted by Gasteiger charge is -2.29. The van der Waals surface area contributed by atoms with Gasteiger partial charge in [0, 0.05) is 25.6 Å². The molecular weight excluding hydrogens is 436 g/mol. The second-order valence-electron chi connectivity index (χ2n) is 9.64. The maximum atomic E-state index is 13.1. The number of hydrogen-bond donors (Lipinski definition) is 0. The number of methoxy groups -OCH3 is 2. The highest BCUT2D eigenvalue weighted by molar-refractivity contribution is 5.79. The van der Waals surface area contributed by atoms with Crippen molar-refractivity contribution in [1.29, 1.82) is 0 Å². The minimum absolute atomic E-state index is 0.258. The third kappa shape index (κ3) is 8.43. The van der Waals surface area contributed by atoms with Crippen molar-refractivity contribution in [2.75, 3.05) is 40.9 Å². The van der Waals surface area contributed by atoms with E-state index in [-0.39, 0.29) is 5.91 Å². The SMILES string of the molecule is COc1ccc(CCN(C)CCCN(C(=O)CC=Cc2ccc(C)cc2)C2CCCC2)cc1OC. The van der Waals surface area contributed by atoms with Crippen LogP contribution in [0, 0.1) is 6.92 Å². The Labute approximate surface area is 211 Å². The maximum Gasteiger partial charge on any atom is 0.226 e. The molecule has 0 radical (unpaired) electrons. The molecule has 0 aliphatic heterocycles. The van der Waals surface area contributed by atoms with Crippen LogP contribution in [0.1, 0.15) is 55.2 Å². The van der Waals surface area contributed by atoms with Crippen molar-refractivity contribution in [1.82, 2.24) is 9.80 Å². The standard InChI is InChI=1S/C30H42N2O3/c1-24-13-15-25(16-14-24)9-7-12-30(33)32(27-10-5-6-11-27)21-8-20-31(2)22-19-26-17-18-28(34-3)29(23-26)35-4/h7,9,13-18,23,27H,5-6,8,10-12,19-22H2,1-4H3. The number of benzene rings is 2. The molecule has 2 aromatic rings. The van der Waals surface area contributed by atoms with Gasteiger partial charge in [0.25, 0.3) is 0 Å². The second kappa shape index (κ2) is 13.9. The highest BCUT2D eigenvalue weighted by atomic mass is 16.5. The quantitative estimate of drug-likeness (QED) is 0.368. The summed E-state index contributed by atoms with van der Waals surface area (Å²) in [4.78, 5) is 17.6. The number of amides is 1. The molecule has 1 fully saturated rings. The largest absolute Gasteiger partial charge is 0.493 e. The Morgan fingerprint density at radius 1 is 0.971 bits per heavy atom. The summed E-state index contributed by atoms with van der Waals surface area (Å²) in [7, 11) is 5.49. The molecule has 35 heavy (non-hydrogen) atoms. The lowest BCUT2D eigenvalue weighted by Crippen LogP contribution is -2.40. The molecule has 5 heteroatoms. The molecule has 0 atom stereocenters. The van der Waals surface area contributed by atoms with Crippen LogP contribution < -0.4 is 9.47 Å². The van der Waals surface area contributed by atoms with Crippen LogP contribution in [0.25, 0.3) is 6.08 Å². The third-order valence-corrected chi connectivity index (χ3v) is 6.93. The molecule has 1 saturated carbocycles. The summed E-state index contributed by atoms with van der Waals surface area (Å²) in [5.74, 6) is 1.79. The van der Waals surface area contributed by atoms with Gasteiger partial charge in [-0.1, -0.05) is 60.9 Å². The van der Waals surface area contributed by atoms with E-state index < -0.39 is 0 Å². The van der Waals surface area contributed by atoms with Crippen molar-refractivity contribution < 1.29 is 14.3 Å². The third-order valence-electron chi connectivity index (χ3n) is 6.93. The number of nitrogens with zero attached hydrogens (tertiary/aromatic N) is 2. The Balaban J connectivity index is 1.46. The van der Waals surface area contributed by atoms with Crippen molar-refractivity contribution in [2.24, 2.45) is 0 Å². The van der Waals surface area contributed by atoms with Crippen molar-refractivity contribution in [3.8, 4) is 11.5 Å². The molecule has 1 aliphatic rings. The first-order valence-corrected chi connectivity index (χ1v) is 12.9. The summed E-state index contributed by atoms with van der Waals surface area (Å²) in [6, 6.07) is 14.9. The van der Waals surface area contributed by atoms with E-state index >= 15 is 0 Å². The van der Waals surface area contributed by atoms with Gasteiger partial charge in [0.15, 0.2) is 11.5 Å². The molecule has 0 saturated heterocycles. The van der Waals surface area contributed by atoms with Crippen molar-refractivity contribution in [3.63, 3.8) is 0 Å². The fourth-order valence-electron chi connectivity index (χ4n) is 4.80. The van der Waals surface area contributed by atoms with Crippen molar-refractivity contribution >= 4 is 12.0 Å². The first kappa shape index (κ1) is 26.8. The van der Waals surface area contributed by atoms with E-state index in [9.17, 15) is 4.79 Å². The number of likely N-dealkylation sites (N-methyl/N-ethyl adjacent to an activating group) is 1. The van der Waals surface area contributed by atoms with Crippen LogP contribution in [-0.4, -0.2) is 62.7 Å². The van der Waals surface area contributed by atoms with E-state index in [0.717, 1.165) is 62.4 Å². The van der Waals surface area contributed by atoms with Gasteiger partial charge in [0.2, 0.25) is 5.91 Å². The zero-order valence-electron chi connectivity index (χ0n) is 22.0. The number of ether oxygens (including phenoxy) is 2. The molecule has 5 nitrogen and oxygen atoms in total. The van der Waals surface area contributed by atoms with Gasteiger partial charge in [0.05, 0.1) is 14.2 Å². The van der Waals surface area contributed by atoms with Gasteiger partial charge in [-0.05, 0) is 69.5 Å². The van der Waals surface area contributed by atoms with E-state index in [1.165, 1.54) is 24.0 Å². The van der Waals surface area contributed by atoms with Gasteiger partial charge in [-0.3, -0.25) is 4.79 Å². The van der Waals surface area contributed by atoms with Crippen molar-refractivity contribution in [3.05, 3.63) is 65.2 Å². The molecular formula is C30H42N2O3. The van der Waals surface area contributed by atoms with E-state index in [0.29, 0.717) is 12.5 Å². The van der Waals surface area contributed by atoms with E-state index in [1.807, 2.05) is 12.1 Å². The summed E-state index contributed by atoms with van der Waals surface area (Å²) in [6.07, 6.45) is 11.2. The average Bonchev–Trinajstić information content (AvgIpc) is 3.40. The Bertz CT molecular complexity index is 949. The second-order valence-corrected chi connectivity index (χ2v) is 9.64. The minimum Gasteiger partial charge on any atom is -0.493 e. The molecule has 0 unspecified atom stereocenters. The average molecular weight is 479 g/mol. The fourth-order valence-corrected chi connectivity index (χ4v) is 4.80. The lowest BCUT2D eigenvalue weighted by atomic mass is 10.1. The molecule has 2 aromatic carbocycles. The monoisotopic (exact) mass is 478 g/mol. The molecule has 0 spiro atoms. The lowest BCUT2D eigenvalue weighted by molar-refractivity contribution is -0.132. The smallest absolute Gasteiger partial charge is 0.226 e. The molecule has 1 aliphatic carbocycles. The predicted octanol–water partition coefficient (Wildman–Crippen LogP) is 5.75. The van der Waals surface area contributed by atoms with Gasteiger partial charge in [-0.15, -0.1) is 0 Å².